The van der Waals surface area contributed by atoms with Gasteiger partial charge in [0.05, 0.1) is 4.90 Å². The Hall–Kier alpha value is -0.510. The Balaban J connectivity index is 2.80. The molecule has 0 aliphatic rings. The zero-order valence-electron chi connectivity index (χ0n) is 8.73. The molecule has 2 N–H and O–H groups in total. The number of rotatable bonds is 4. The Bertz CT molecular complexity index is 297. The van der Waals surface area contributed by atoms with Gasteiger partial charge in [0.25, 0.3) is 0 Å². The van der Waals surface area contributed by atoms with Crippen LogP contribution in [-0.4, -0.2) is 14.9 Å². The maximum Gasteiger partial charge on any atom is 0.0586 e. The molecule has 0 saturated carbocycles. The fourth-order valence-corrected chi connectivity index (χ4v) is 2.88. The molecular formula is C11H18O2S. The van der Waals surface area contributed by atoms with Crippen LogP contribution in [0.4, 0.5) is 0 Å². The maximum absolute atomic E-state index is 9.88. The van der Waals surface area contributed by atoms with E-state index in [0.29, 0.717) is 10.6 Å². The molecule has 1 rings (SSSR count). The van der Waals surface area contributed by atoms with Crippen molar-refractivity contribution in [1.82, 2.24) is 0 Å². The van der Waals surface area contributed by atoms with Gasteiger partial charge in [-0.3, -0.25) is 9.11 Å². The van der Waals surface area contributed by atoms with E-state index in [4.69, 9.17) is 0 Å². The third-order valence-electron chi connectivity index (χ3n) is 2.15. The quantitative estimate of drug-likeness (QED) is 0.798. The second-order valence-electron chi connectivity index (χ2n) is 3.54. The van der Waals surface area contributed by atoms with Gasteiger partial charge in [0.15, 0.2) is 0 Å². The minimum Gasteiger partial charge on any atom is -0.295 e. The average molecular weight is 214 g/mol. The monoisotopic (exact) mass is 214 g/mol. The standard InChI is InChI=1S/C11H18O2S/c1-3-4-8-14(12,13)11-7-5-6-10(2)9-11/h5-7,9,12-13H,3-4,8H2,1-2H3. The summed E-state index contributed by atoms with van der Waals surface area (Å²) in [5.41, 5.74) is 1.07. The highest BCUT2D eigenvalue weighted by molar-refractivity contribution is 8.24. The topological polar surface area (TPSA) is 40.5 Å². The van der Waals surface area contributed by atoms with Gasteiger partial charge in [0.1, 0.15) is 0 Å². The van der Waals surface area contributed by atoms with E-state index in [1.54, 1.807) is 6.07 Å². The first-order chi connectivity index (χ1) is 6.56. The highest BCUT2D eigenvalue weighted by atomic mass is 32.3. The summed E-state index contributed by atoms with van der Waals surface area (Å²) in [6.07, 6.45) is 1.85. The molecule has 0 aliphatic heterocycles. The van der Waals surface area contributed by atoms with Gasteiger partial charge in [-0.2, -0.15) is 10.6 Å². The lowest BCUT2D eigenvalue weighted by Crippen LogP contribution is -2.03. The van der Waals surface area contributed by atoms with Gasteiger partial charge in [0, 0.05) is 5.75 Å². The van der Waals surface area contributed by atoms with E-state index in [1.165, 1.54) is 0 Å². The second kappa shape index (κ2) is 4.82. The number of hydrogen-bond acceptors (Lipinski definition) is 2. The largest absolute Gasteiger partial charge is 0.295 e. The summed E-state index contributed by atoms with van der Waals surface area (Å²) in [6.45, 7) is 4.00. The first kappa shape index (κ1) is 11.6. The number of hydrogen-bond donors (Lipinski definition) is 2. The second-order valence-corrected chi connectivity index (χ2v) is 5.75. The van der Waals surface area contributed by atoms with Crippen molar-refractivity contribution in [3.8, 4) is 0 Å². The summed E-state index contributed by atoms with van der Waals surface area (Å²) in [5.74, 6) is 0.479. The number of unbranched alkanes of at least 4 members (excludes halogenated alkanes) is 1. The van der Waals surface area contributed by atoms with Crippen LogP contribution < -0.4 is 0 Å². The molecule has 2 nitrogen and oxygen atoms in total. The average Bonchev–Trinajstić information content (AvgIpc) is 2.15. The molecule has 0 spiro atoms. The lowest BCUT2D eigenvalue weighted by molar-refractivity contribution is 0.484. The third kappa shape index (κ3) is 3.01. The van der Waals surface area contributed by atoms with Gasteiger partial charge < -0.3 is 0 Å². The van der Waals surface area contributed by atoms with Gasteiger partial charge in [0.2, 0.25) is 0 Å². The summed E-state index contributed by atoms with van der Waals surface area (Å²) in [7, 11) is -2.54. The molecule has 0 radical (unpaired) electrons. The van der Waals surface area contributed by atoms with E-state index in [0.717, 1.165) is 18.4 Å². The van der Waals surface area contributed by atoms with Crippen molar-refractivity contribution in [2.24, 2.45) is 0 Å². The molecule has 0 aromatic heterocycles. The van der Waals surface area contributed by atoms with Gasteiger partial charge >= 0.3 is 0 Å². The smallest absolute Gasteiger partial charge is 0.0586 e. The van der Waals surface area contributed by atoms with Crippen molar-refractivity contribution in [2.45, 2.75) is 31.6 Å². The van der Waals surface area contributed by atoms with Crippen LogP contribution in [0.5, 0.6) is 0 Å². The Labute approximate surface area is 87.3 Å². The van der Waals surface area contributed by atoms with Crippen molar-refractivity contribution >= 4 is 10.6 Å². The molecule has 0 unspecified atom stereocenters. The molecule has 0 fully saturated rings. The molecule has 0 heterocycles. The molecule has 0 saturated heterocycles. The number of aryl methyl sites for hydroxylation is 1. The Morgan fingerprint density at radius 3 is 2.57 bits per heavy atom. The molecule has 1 aromatic carbocycles. The van der Waals surface area contributed by atoms with E-state index in [9.17, 15) is 9.11 Å². The van der Waals surface area contributed by atoms with Crippen LogP contribution in [0.3, 0.4) is 0 Å². The SMILES string of the molecule is CCCCS(O)(O)c1cccc(C)c1. The number of benzene rings is 1. The normalized spacial score (nSPS) is 12.9. The molecule has 14 heavy (non-hydrogen) atoms. The van der Waals surface area contributed by atoms with Crippen LogP contribution in [-0.2, 0) is 0 Å². The van der Waals surface area contributed by atoms with E-state index < -0.39 is 10.6 Å². The predicted molar refractivity (Wildman–Crippen MR) is 62.1 cm³/mol. The van der Waals surface area contributed by atoms with E-state index >= 15 is 0 Å². The highest BCUT2D eigenvalue weighted by Gasteiger charge is 2.14. The van der Waals surface area contributed by atoms with E-state index in [2.05, 4.69) is 0 Å². The van der Waals surface area contributed by atoms with Gasteiger partial charge in [-0.15, -0.1) is 0 Å². The van der Waals surface area contributed by atoms with Crippen molar-refractivity contribution in [1.29, 1.82) is 0 Å². The summed E-state index contributed by atoms with van der Waals surface area (Å²) in [6, 6.07) is 7.46. The van der Waals surface area contributed by atoms with Crippen LogP contribution in [0.25, 0.3) is 0 Å². The van der Waals surface area contributed by atoms with Gasteiger partial charge in [-0.25, -0.2) is 0 Å². The predicted octanol–water partition coefficient (Wildman–Crippen LogP) is 3.90. The van der Waals surface area contributed by atoms with E-state index in [1.807, 2.05) is 32.0 Å². The molecular weight excluding hydrogens is 196 g/mol. The molecule has 80 valence electrons. The minimum absolute atomic E-state index is 0.479. The summed E-state index contributed by atoms with van der Waals surface area (Å²) < 4.78 is 19.8. The minimum atomic E-state index is -2.54. The lowest BCUT2D eigenvalue weighted by atomic mass is 10.2. The molecule has 0 bridgehead atoms. The van der Waals surface area contributed by atoms with Crippen LogP contribution in [0.1, 0.15) is 25.3 Å². The van der Waals surface area contributed by atoms with E-state index in [-0.39, 0.29) is 0 Å². The maximum atomic E-state index is 9.88. The van der Waals surface area contributed by atoms with Crippen LogP contribution in [0, 0.1) is 6.92 Å². The zero-order chi connectivity index (χ0) is 10.6. The fraction of sp³-hybridized carbons (Fsp3) is 0.455. The van der Waals surface area contributed by atoms with Gasteiger partial charge in [-0.1, -0.05) is 25.5 Å². The first-order valence-corrected chi connectivity index (χ1v) is 6.60. The highest BCUT2D eigenvalue weighted by Crippen LogP contribution is 2.48. The summed E-state index contributed by atoms with van der Waals surface area (Å²) in [4.78, 5) is 0.672. The molecule has 0 atom stereocenters. The summed E-state index contributed by atoms with van der Waals surface area (Å²) in [5, 5.41) is 0. The van der Waals surface area contributed by atoms with Gasteiger partial charge in [-0.05, 0) is 31.0 Å². The van der Waals surface area contributed by atoms with Crippen molar-refractivity contribution in [3.63, 3.8) is 0 Å². The Morgan fingerprint density at radius 1 is 1.29 bits per heavy atom. The van der Waals surface area contributed by atoms with Crippen LogP contribution in [0.15, 0.2) is 29.2 Å². The van der Waals surface area contributed by atoms with Crippen LogP contribution >= 0.6 is 10.6 Å². The van der Waals surface area contributed by atoms with Crippen LogP contribution in [0.2, 0.25) is 0 Å². The Morgan fingerprint density at radius 2 is 2.00 bits per heavy atom. The fourth-order valence-electron chi connectivity index (χ4n) is 1.28. The first-order valence-electron chi connectivity index (χ1n) is 4.89. The van der Waals surface area contributed by atoms with Crippen molar-refractivity contribution in [3.05, 3.63) is 29.8 Å². The molecule has 0 aliphatic carbocycles. The third-order valence-corrected chi connectivity index (χ3v) is 4.02. The lowest BCUT2D eigenvalue weighted by Gasteiger charge is -2.32. The Kier molecular flexibility index (Phi) is 3.98. The summed E-state index contributed by atoms with van der Waals surface area (Å²) >= 11 is 0. The van der Waals surface area contributed by atoms with Crippen molar-refractivity contribution < 1.29 is 9.11 Å². The van der Waals surface area contributed by atoms with Crippen molar-refractivity contribution in [2.75, 3.05) is 5.75 Å². The molecule has 0 amide bonds. The molecule has 1 aromatic rings. The zero-order valence-corrected chi connectivity index (χ0v) is 9.55. The molecule has 3 heteroatoms.